The van der Waals surface area contributed by atoms with Gasteiger partial charge in [-0.05, 0) is 35.9 Å². The van der Waals surface area contributed by atoms with Crippen LogP contribution in [-0.4, -0.2) is 16.8 Å². The third-order valence-electron chi connectivity index (χ3n) is 4.94. The van der Waals surface area contributed by atoms with Gasteiger partial charge in [0.05, 0.1) is 5.69 Å². The maximum Gasteiger partial charge on any atom is 0.224 e. The number of anilines is 1. The molecule has 33 heavy (non-hydrogen) atoms. The van der Waals surface area contributed by atoms with Crippen LogP contribution < -0.4 is 10.6 Å². The highest BCUT2D eigenvalue weighted by atomic mass is 32.1. The Morgan fingerprint density at radius 1 is 0.848 bits per heavy atom. The highest BCUT2D eigenvalue weighted by Crippen LogP contribution is 2.29. The van der Waals surface area contributed by atoms with Crippen LogP contribution >= 0.6 is 11.3 Å². The van der Waals surface area contributed by atoms with Crippen molar-refractivity contribution in [2.24, 2.45) is 0 Å². The summed E-state index contributed by atoms with van der Waals surface area (Å²) in [6.45, 7) is 0.364. The first kappa shape index (κ1) is 22.4. The molecule has 1 heterocycles. The third kappa shape index (κ3) is 6.33. The Bertz CT molecular complexity index is 1240. The molecule has 2 N–H and O–H groups in total. The summed E-state index contributed by atoms with van der Waals surface area (Å²) >= 11 is 1.58. The Balaban J connectivity index is 1.28. The van der Waals surface area contributed by atoms with Crippen LogP contribution in [0.5, 0.6) is 0 Å². The van der Waals surface area contributed by atoms with E-state index in [9.17, 15) is 14.0 Å². The van der Waals surface area contributed by atoms with Gasteiger partial charge in [-0.3, -0.25) is 9.59 Å². The first-order valence-corrected chi connectivity index (χ1v) is 11.4. The first-order valence-electron chi connectivity index (χ1n) is 10.5. The molecule has 166 valence electrons. The van der Waals surface area contributed by atoms with Crippen molar-refractivity contribution in [3.8, 4) is 21.8 Å². The molecule has 0 radical (unpaired) electrons. The fraction of sp³-hybridized carbons (Fsp3) is 0.115. The van der Waals surface area contributed by atoms with Gasteiger partial charge in [0.25, 0.3) is 0 Å². The number of aromatic nitrogens is 1. The van der Waals surface area contributed by atoms with Gasteiger partial charge in [-0.1, -0.05) is 48.5 Å². The van der Waals surface area contributed by atoms with Crippen molar-refractivity contribution in [1.29, 1.82) is 0 Å². The molecule has 0 fully saturated rings. The van der Waals surface area contributed by atoms with Crippen LogP contribution in [0.1, 0.15) is 18.4 Å². The van der Waals surface area contributed by atoms with Crippen molar-refractivity contribution < 1.29 is 14.0 Å². The molecule has 3 aromatic carbocycles. The smallest absolute Gasteiger partial charge is 0.224 e. The molecule has 0 atom stereocenters. The third-order valence-corrected chi connectivity index (χ3v) is 5.84. The van der Waals surface area contributed by atoms with Gasteiger partial charge in [-0.15, -0.1) is 11.3 Å². The molecule has 7 heteroatoms. The Morgan fingerprint density at radius 2 is 1.58 bits per heavy atom. The van der Waals surface area contributed by atoms with Crippen molar-refractivity contribution in [3.05, 3.63) is 95.6 Å². The number of nitrogens with zero attached hydrogens (tertiary/aromatic N) is 1. The molecular weight excluding hydrogens is 437 g/mol. The highest BCUT2D eigenvalue weighted by molar-refractivity contribution is 7.13. The second-order valence-electron chi connectivity index (χ2n) is 7.44. The lowest BCUT2D eigenvalue weighted by molar-refractivity contribution is -0.124. The molecular formula is C26H22FN3O2S. The Labute approximate surface area is 195 Å². The predicted octanol–water partition coefficient (Wildman–Crippen LogP) is 5.65. The largest absolute Gasteiger partial charge is 0.352 e. The monoisotopic (exact) mass is 459 g/mol. The lowest BCUT2D eigenvalue weighted by Gasteiger charge is -2.07. The number of carbonyl (C=O) groups is 2. The van der Waals surface area contributed by atoms with Gasteiger partial charge in [-0.25, -0.2) is 9.37 Å². The molecule has 4 aromatic rings. The molecule has 0 bridgehead atoms. The van der Waals surface area contributed by atoms with Gasteiger partial charge in [0, 0.05) is 41.6 Å². The number of nitrogens with one attached hydrogen (secondary N) is 2. The molecule has 0 aliphatic rings. The van der Waals surface area contributed by atoms with Gasteiger partial charge >= 0.3 is 0 Å². The zero-order valence-electron chi connectivity index (χ0n) is 17.8. The average molecular weight is 460 g/mol. The summed E-state index contributed by atoms with van der Waals surface area (Å²) < 4.78 is 12.9. The molecule has 0 spiro atoms. The Kier molecular flexibility index (Phi) is 7.22. The van der Waals surface area contributed by atoms with E-state index in [1.165, 1.54) is 24.3 Å². The Hall–Kier alpha value is -3.84. The standard InChI is InChI=1S/C26H22FN3O2S/c27-21-9-11-22(12-10-21)29-25(32)14-13-24(31)28-16-18-5-4-8-20(15-18)26-30-23(17-33-26)19-6-2-1-3-7-19/h1-12,15,17H,13-14,16H2,(H,28,31)(H,29,32). The molecule has 0 saturated heterocycles. The number of carbonyl (C=O) groups excluding carboxylic acids is 2. The van der Waals surface area contributed by atoms with Crippen molar-refractivity contribution in [3.63, 3.8) is 0 Å². The molecule has 0 saturated carbocycles. The van der Waals surface area contributed by atoms with E-state index >= 15 is 0 Å². The van der Waals surface area contributed by atoms with Crippen LogP contribution in [0.15, 0.2) is 84.2 Å². The van der Waals surface area contributed by atoms with Crippen LogP contribution in [0.4, 0.5) is 10.1 Å². The van der Waals surface area contributed by atoms with Crippen LogP contribution in [0.25, 0.3) is 21.8 Å². The molecule has 5 nitrogen and oxygen atoms in total. The number of halogens is 1. The molecule has 4 rings (SSSR count). The minimum absolute atomic E-state index is 0.0463. The van der Waals surface area contributed by atoms with Crippen LogP contribution in [0.2, 0.25) is 0 Å². The number of benzene rings is 3. The van der Waals surface area contributed by atoms with Gasteiger partial charge in [0.2, 0.25) is 11.8 Å². The van der Waals surface area contributed by atoms with Crippen molar-refractivity contribution in [2.45, 2.75) is 19.4 Å². The van der Waals surface area contributed by atoms with E-state index < -0.39 is 0 Å². The van der Waals surface area contributed by atoms with E-state index in [1.807, 2.05) is 60.0 Å². The number of rotatable bonds is 8. The van der Waals surface area contributed by atoms with Crippen molar-refractivity contribution in [2.75, 3.05) is 5.32 Å². The van der Waals surface area contributed by atoms with Gasteiger partial charge in [0.15, 0.2) is 0 Å². The van der Waals surface area contributed by atoms with Crippen LogP contribution in [-0.2, 0) is 16.1 Å². The maximum atomic E-state index is 12.9. The topological polar surface area (TPSA) is 71.1 Å². The summed E-state index contributed by atoms with van der Waals surface area (Å²) in [6, 6.07) is 23.4. The average Bonchev–Trinajstić information content (AvgIpc) is 3.34. The van der Waals surface area contributed by atoms with Crippen LogP contribution in [0, 0.1) is 5.82 Å². The summed E-state index contributed by atoms with van der Waals surface area (Å²) in [5.74, 6) is -0.880. The lowest BCUT2D eigenvalue weighted by Crippen LogP contribution is -2.24. The summed E-state index contributed by atoms with van der Waals surface area (Å²) in [6.07, 6.45) is 0.115. The minimum Gasteiger partial charge on any atom is -0.352 e. The zero-order chi connectivity index (χ0) is 23.0. The SMILES string of the molecule is O=C(CCC(=O)Nc1ccc(F)cc1)NCc1cccc(-c2nc(-c3ccccc3)cs2)c1. The molecule has 0 unspecified atom stereocenters. The fourth-order valence-electron chi connectivity index (χ4n) is 3.23. The van der Waals surface area contributed by atoms with Gasteiger partial charge in [-0.2, -0.15) is 0 Å². The molecule has 0 aliphatic heterocycles. The van der Waals surface area contributed by atoms with E-state index in [2.05, 4.69) is 10.6 Å². The molecule has 0 aliphatic carbocycles. The highest BCUT2D eigenvalue weighted by Gasteiger charge is 2.10. The number of hydrogen-bond donors (Lipinski definition) is 2. The summed E-state index contributed by atoms with van der Waals surface area (Å²) in [4.78, 5) is 28.9. The van der Waals surface area contributed by atoms with E-state index in [-0.39, 0.29) is 30.5 Å². The van der Waals surface area contributed by atoms with Crippen molar-refractivity contribution >= 4 is 28.8 Å². The Morgan fingerprint density at radius 3 is 2.36 bits per heavy atom. The second kappa shape index (κ2) is 10.7. The minimum atomic E-state index is -0.372. The molecule has 2 amide bonds. The van der Waals surface area contributed by atoms with Gasteiger partial charge < -0.3 is 10.6 Å². The quantitative estimate of drug-likeness (QED) is 0.358. The predicted molar refractivity (Wildman–Crippen MR) is 129 cm³/mol. The maximum absolute atomic E-state index is 12.9. The fourth-order valence-corrected chi connectivity index (χ4v) is 4.06. The number of thiazole rings is 1. The lowest BCUT2D eigenvalue weighted by atomic mass is 10.1. The summed E-state index contributed by atoms with van der Waals surface area (Å²) in [7, 11) is 0. The van der Waals surface area contributed by atoms with Crippen LogP contribution in [0.3, 0.4) is 0 Å². The normalized spacial score (nSPS) is 10.6. The molecule has 1 aromatic heterocycles. The second-order valence-corrected chi connectivity index (χ2v) is 8.29. The zero-order valence-corrected chi connectivity index (χ0v) is 18.6. The van der Waals surface area contributed by atoms with Crippen molar-refractivity contribution in [1.82, 2.24) is 10.3 Å². The summed E-state index contributed by atoms with van der Waals surface area (Å²) in [5, 5.41) is 8.45. The first-order chi connectivity index (χ1) is 16.1. The van der Waals surface area contributed by atoms with E-state index in [0.717, 1.165) is 27.4 Å². The summed E-state index contributed by atoms with van der Waals surface area (Å²) in [5.41, 5.74) is 4.46. The van der Waals surface area contributed by atoms with E-state index in [0.29, 0.717) is 12.2 Å². The van der Waals surface area contributed by atoms with E-state index in [4.69, 9.17) is 4.98 Å². The van der Waals surface area contributed by atoms with E-state index in [1.54, 1.807) is 11.3 Å². The van der Waals surface area contributed by atoms with Gasteiger partial charge in [0.1, 0.15) is 10.8 Å². The number of hydrogen-bond acceptors (Lipinski definition) is 4. The number of amides is 2.